The Bertz CT molecular complexity index is 382. The molecule has 4 nitrogen and oxygen atoms in total. The van der Waals surface area contributed by atoms with Crippen molar-refractivity contribution >= 4 is 5.78 Å². The van der Waals surface area contributed by atoms with Crippen molar-refractivity contribution in [2.24, 2.45) is 5.92 Å². The van der Waals surface area contributed by atoms with Crippen LogP contribution in [0.15, 0.2) is 36.5 Å². The number of fused-ring (bicyclic) bond motifs is 1. The molecule has 0 aromatic heterocycles. The summed E-state index contributed by atoms with van der Waals surface area (Å²) in [7, 11) is 1.50. The summed E-state index contributed by atoms with van der Waals surface area (Å²) in [6, 6.07) is 0. The van der Waals surface area contributed by atoms with Gasteiger partial charge in [0.2, 0.25) is 0 Å². The molecule has 1 N–H and O–H groups in total. The standard InChI is InChI=1S/C12H14O4/c1-3-4-8-10-9(13)5-6-12(10,14)7-16-11(8)15-2/h3-6,10-11,14H,1,7H2,2H3/b8-4-. The highest BCUT2D eigenvalue weighted by Crippen LogP contribution is 2.39. The van der Waals surface area contributed by atoms with Crippen LogP contribution in [0.2, 0.25) is 0 Å². The summed E-state index contributed by atoms with van der Waals surface area (Å²) in [6.45, 7) is 3.65. The van der Waals surface area contributed by atoms with E-state index in [0.717, 1.165) is 0 Å². The molecule has 1 aliphatic carbocycles. The fraction of sp³-hybridized carbons (Fsp3) is 0.417. The second kappa shape index (κ2) is 3.97. The average molecular weight is 222 g/mol. The van der Waals surface area contributed by atoms with Crippen molar-refractivity contribution < 1.29 is 19.4 Å². The van der Waals surface area contributed by atoms with E-state index < -0.39 is 17.8 Å². The van der Waals surface area contributed by atoms with Crippen molar-refractivity contribution in [1.82, 2.24) is 0 Å². The first-order chi connectivity index (χ1) is 7.62. The molecule has 0 aromatic rings. The zero-order chi connectivity index (χ0) is 11.8. The molecule has 0 spiro atoms. The minimum absolute atomic E-state index is 0.0624. The molecule has 0 aromatic carbocycles. The normalized spacial score (nSPS) is 40.1. The maximum Gasteiger partial charge on any atom is 0.180 e. The molecular weight excluding hydrogens is 208 g/mol. The van der Waals surface area contributed by atoms with Crippen molar-refractivity contribution in [1.29, 1.82) is 0 Å². The van der Waals surface area contributed by atoms with E-state index >= 15 is 0 Å². The Morgan fingerprint density at radius 3 is 3.12 bits per heavy atom. The van der Waals surface area contributed by atoms with Gasteiger partial charge in [-0.1, -0.05) is 18.7 Å². The summed E-state index contributed by atoms with van der Waals surface area (Å²) >= 11 is 0. The quantitative estimate of drug-likeness (QED) is 0.743. The molecule has 16 heavy (non-hydrogen) atoms. The van der Waals surface area contributed by atoms with Gasteiger partial charge in [-0.2, -0.15) is 0 Å². The third-order valence-electron chi connectivity index (χ3n) is 2.92. The number of hydrogen-bond donors (Lipinski definition) is 1. The largest absolute Gasteiger partial charge is 0.382 e. The van der Waals surface area contributed by atoms with E-state index in [2.05, 4.69) is 6.58 Å². The number of rotatable bonds is 2. The molecule has 4 heteroatoms. The molecule has 0 bridgehead atoms. The molecule has 1 fully saturated rings. The lowest BCUT2D eigenvalue weighted by atomic mass is 9.81. The van der Waals surface area contributed by atoms with Gasteiger partial charge in [0.15, 0.2) is 12.1 Å². The summed E-state index contributed by atoms with van der Waals surface area (Å²) in [5.41, 5.74) is -0.623. The van der Waals surface area contributed by atoms with Gasteiger partial charge >= 0.3 is 0 Å². The Balaban J connectivity index is 2.40. The number of ether oxygens (including phenoxy) is 2. The lowest BCUT2D eigenvalue weighted by Crippen LogP contribution is -2.50. The van der Waals surface area contributed by atoms with Crippen molar-refractivity contribution in [3.63, 3.8) is 0 Å². The van der Waals surface area contributed by atoms with Crippen LogP contribution in [0.25, 0.3) is 0 Å². The first kappa shape index (κ1) is 11.3. The summed E-state index contributed by atoms with van der Waals surface area (Å²) in [5, 5.41) is 10.2. The minimum Gasteiger partial charge on any atom is -0.382 e. The van der Waals surface area contributed by atoms with E-state index in [0.29, 0.717) is 5.57 Å². The van der Waals surface area contributed by atoms with Gasteiger partial charge in [-0.05, 0) is 17.7 Å². The molecule has 2 rings (SSSR count). The summed E-state index contributed by atoms with van der Waals surface area (Å²) < 4.78 is 10.5. The predicted molar refractivity (Wildman–Crippen MR) is 57.6 cm³/mol. The van der Waals surface area contributed by atoms with Gasteiger partial charge in [-0.25, -0.2) is 0 Å². The molecule has 3 unspecified atom stereocenters. The maximum atomic E-state index is 11.7. The van der Waals surface area contributed by atoms with Crippen molar-refractivity contribution in [3.8, 4) is 0 Å². The van der Waals surface area contributed by atoms with E-state index in [1.54, 1.807) is 12.2 Å². The van der Waals surface area contributed by atoms with Gasteiger partial charge in [-0.3, -0.25) is 4.79 Å². The molecule has 2 aliphatic rings. The van der Waals surface area contributed by atoms with Crippen LogP contribution in [-0.4, -0.2) is 36.5 Å². The summed E-state index contributed by atoms with van der Waals surface area (Å²) in [6.07, 6.45) is 5.51. The Hall–Kier alpha value is -1.23. The number of carbonyl (C=O) groups excluding carboxylic acids is 1. The van der Waals surface area contributed by atoms with Crippen molar-refractivity contribution in [3.05, 3.63) is 36.5 Å². The van der Waals surface area contributed by atoms with E-state index in [1.165, 1.54) is 19.3 Å². The molecule has 1 saturated heterocycles. The maximum absolute atomic E-state index is 11.7. The number of ketones is 1. The number of aliphatic hydroxyl groups is 1. The number of allylic oxidation sites excluding steroid dienone is 3. The average Bonchev–Trinajstić information content (AvgIpc) is 2.56. The zero-order valence-electron chi connectivity index (χ0n) is 9.05. The van der Waals surface area contributed by atoms with Crippen LogP contribution in [0.5, 0.6) is 0 Å². The third kappa shape index (κ3) is 1.55. The number of methoxy groups -OCH3 is 1. The second-order valence-corrected chi connectivity index (χ2v) is 3.94. The van der Waals surface area contributed by atoms with Crippen LogP contribution >= 0.6 is 0 Å². The minimum atomic E-state index is -1.24. The van der Waals surface area contributed by atoms with E-state index in [9.17, 15) is 9.90 Å². The van der Waals surface area contributed by atoms with Crippen LogP contribution in [0, 0.1) is 5.92 Å². The fourth-order valence-corrected chi connectivity index (χ4v) is 2.21. The molecule has 86 valence electrons. The molecule has 3 atom stereocenters. The van der Waals surface area contributed by atoms with Gasteiger partial charge in [-0.15, -0.1) is 0 Å². The van der Waals surface area contributed by atoms with E-state index in [-0.39, 0.29) is 12.4 Å². The van der Waals surface area contributed by atoms with Crippen LogP contribution < -0.4 is 0 Å². The highest BCUT2D eigenvalue weighted by atomic mass is 16.7. The Morgan fingerprint density at radius 2 is 2.50 bits per heavy atom. The van der Waals surface area contributed by atoms with Gasteiger partial charge in [0, 0.05) is 7.11 Å². The highest BCUT2D eigenvalue weighted by molar-refractivity contribution is 5.98. The van der Waals surface area contributed by atoms with Crippen molar-refractivity contribution in [2.75, 3.05) is 13.7 Å². The lowest BCUT2D eigenvalue weighted by Gasteiger charge is -2.38. The monoisotopic (exact) mass is 222 g/mol. The molecule has 1 heterocycles. The predicted octanol–water partition coefficient (Wildman–Crippen LogP) is 0.588. The Labute approximate surface area is 93.9 Å². The second-order valence-electron chi connectivity index (χ2n) is 3.94. The number of carbonyl (C=O) groups is 1. The molecular formula is C12H14O4. The number of hydrogen-bond acceptors (Lipinski definition) is 4. The first-order valence-electron chi connectivity index (χ1n) is 5.05. The molecule has 0 saturated carbocycles. The highest BCUT2D eigenvalue weighted by Gasteiger charge is 2.50. The lowest BCUT2D eigenvalue weighted by molar-refractivity contribution is -0.177. The zero-order valence-corrected chi connectivity index (χ0v) is 9.05. The molecule has 0 radical (unpaired) electrons. The summed E-state index contributed by atoms with van der Waals surface area (Å²) in [5.74, 6) is -0.731. The topological polar surface area (TPSA) is 55.8 Å². The van der Waals surface area contributed by atoms with E-state index in [1.807, 2.05) is 0 Å². The SMILES string of the molecule is C=C/C=C1\C(OC)OCC2(O)C=CC(=O)C12. The van der Waals surface area contributed by atoms with Crippen LogP contribution in [0.4, 0.5) is 0 Å². The third-order valence-corrected chi connectivity index (χ3v) is 2.92. The van der Waals surface area contributed by atoms with Gasteiger partial charge < -0.3 is 14.6 Å². The molecule has 0 amide bonds. The van der Waals surface area contributed by atoms with Gasteiger partial charge in [0.05, 0.1) is 12.5 Å². The Morgan fingerprint density at radius 1 is 1.75 bits per heavy atom. The first-order valence-corrected chi connectivity index (χ1v) is 5.05. The molecule has 1 aliphatic heterocycles. The van der Waals surface area contributed by atoms with Crippen LogP contribution in [-0.2, 0) is 14.3 Å². The fourth-order valence-electron chi connectivity index (χ4n) is 2.21. The van der Waals surface area contributed by atoms with E-state index in [4.69, 9.17) is 9.47 Å². The van der Waals surface area contributed by atoms with Crippen LogP contribution in [0.1, 0.15) is 0 Å². The van der Waals surface area contributed by atoms with Crippen LogP contribution in [0.3, 0.4) is 0 Å². The van der Waals surface area contributed by atoms with Crippen molar-refractivity contribution in [2.45, 2.75) is 11.9 Å². The smallest absolute Gasteiger partial charge is 0.180 e. The Kier molecular flexibility index (Phi) is 2.80. The summed E-state index contributed by atoms with van der Waals surface area (Å²) in [4.78, 5) is 11.7. The van der Waals surface area contributed by atoms with Gasteiger partial charge in [0.25, 0.3) is 0 Å². The van der Waals surface area contributed by atoms with Gasteiger partial charge in [0.1, 0.15) is 5.60 Å².